The molecule has 1 aliphatic rings. The summed E-state index contributed by atoms with van der Waals surface area (Å²) in [6.45, 7) is 3.57. The molecular weight excluding hydrogens is 380 g/mol. The van der Waals surface area contributed by atoms with Crippen LogP contribution in [-0.2, 0) is 0 Å². The first-order valence-electron chi connectivity index (χ1n) is 9.99. The smallest absolute Gasteiger partial charge is 0.336 e. The van der Waals surface area contributed by atoms with E-state index in [0.29, 0.717) is 28.0 Å². The van der Waals surface area contributed by atoms with E-state index in [1.54, 1.807) is 48.5 Å². The molecule has 1 aliphatic heterocycles. The van der Waals surface area contributed by atoms with Crippen molar-refractivity contribution in [3.63, 3.8) is 0 Å². The number of anilines is 2. The number of fused-ring (bicyclic) bond motifs is 1. The third-order valence-electron chi connectivity index (χ3n) is 5.36. The number of pyridine rings is 1. The van der Waals surface area contributed by atoms with E-state index in [4.69, 9.17) is 4.98 Å². The molecule has 4 rings (SSSR count). The van der Waals surface area contributed by atoms with E-state index in [1.807, 2.05) is 6.07 Å². The summed E-state index contributed by atoms with van der Waals surface area (Å²) in [5.74, 6) is -0.580. The van der Waals surface area contributed by atoms with E-state index in [9.17, 15) is 14.7 Å². The van der Waals surface area contributed by atoms with Gasteiger partial charge in [-0.25, -0.2) is 9.78 Å². The predicted octanol–water partition coefficient (Wildman–Crippen LogP) is 3.33. The van der Waals surface area contributed by atoms with Crippen molar-refractivity contribution in [1.82, 2.24) is 9.88 Å². The molecule has 1 saturated heterocycles. The zero-order valence-electron chi connectivity index (χ0n) is 16.8. The molecule has 0 aliphatic carbocycles. The van der Waals surface area contributed by atoms with Crippen molar-refractivity contribution in [1.29, 1.82) is 0 Å². The number of carboxylic acid groups (broad SMARTS) is 1. The van der Waals surface area contributed by atoms with Gasteiger partial charge in [-0.15, -0.1) is 0 Å². The highest BCUT2D eigenvalue weighted by Crippen LogP contribution is 2.27. The van der Waals surface area contributed by atoms with E-state index in [-0.39, 0.29) is 11.5 Å². The van der Waals surface area contributed by atoms with Crippen LogP contribution in [0.3, 0.4) is 0 Å². The number of likely N-dealkylation sites (N-methyl/N-ethyl adjacent to an activating group) is 1. The molecule has 1 amide bonds. The summed E-state index contributed by atoms with van der Waals surface area (Å²) in [5.41, 5.74) is 1.85. The summed E-state index contributed by atoms with van der Waals surface area (Å²) in [6.07, 6.45) is 1.00. The Balaban J connectivity index is 1.67. The Bertz CT molecular complexity index is 1080. The van der Waals surface area contributed by atoms with E-state index in [0.717, 1.165) is 32.6 Å². The van der Waals surface area contributed by atoms with Gasteiger partial charge in [-0.05, 0) is 56.4 Å². The number of amides is 1. The Kier molecular flexibility index (Phi) is 5.63. The first-order chi connectivity index (χ1) is 14.5. The number of nitrogens with one attached hydrogen (secondary N) is 1. The summed E-state index contributed by atoms with van der Waals surface area (Å²) >= 11 is 0. The number of aromatic nitrogens is 1. The highest BCUT2D eigenvalue weighted by molar-refractivity contribution is 6.08. The maximum absolute atomic E-state index is 12.4. The first kappa shape index (κ1) is 19.8. The second kappa shape index (κ2) is 8.51. The number of hydrogen-bond acceptors (Lipinski definition) is 5. The fourth-order valence-corrected chi connectivity index (χ4v) is 3.70. The Labute approximate surface area is 174 Å². The number of hydrogen-bond donors (Lipinski definition) is 2. The number of carbonyl (C=O) groups is 2. The lowest BCUT2D eigenvalue weighted by atomic mass is 10.1. The number of aromatic carboxylic acids is 1. The summed E-state index contributed by atoms with van der Waals surface area (Å²) in [6, 6.07) is 15.7. The molecule has 2 heterocycles. The van der Waals surface area contributed by atoms with Gasteiger partial charge in [0.2, 0.25) is 0 Å². The molecule has 0 unspecified atom stereocenters. The second-order valence-corrected chi connectivity index (χ2v) is 7.53. The van der Waals surface area contributed by atoms with Gasteiger partial charge in [-0.2, -0.15) is 0 Å². The van der Waals surface area contributed by atoms with Crippen LogP contribution in [0.1, 0.15) is 27.1 Å². The maximum atomic E-state index is 12.4. The molecule has 0 atom stereocenters. The molecule has 0 saturated carbocycles. The molecule has 7 nitrogen and oxygen atoms in total. The van der Waals surface area contributed by atoms with Gasteiger partial charge in [0, 0.05) is 36.3 Å². The van der Waals surface area contributed by atoms with Gasteiger partial charge in [-0.3, -0.25) is 4.79 Å². The molecule has 2 N–H and O–H groups in total. The fraction of sp³-hybridized carbons (Fsp3) is 0.261. The van der Waals surface area contributed by atoms with Crippen molar-refractivity contribution in [3.8, 4) is 0 Å². The van der Waals surface area contributed by atoms with Gasteiger partial charge in [0.25, 0.3) is 5.91 Å². The Hall–Kier alpha value is -3.45. The lowest BCUT2D eigenvalue weighted by Gasteiger charge is -2.22. The zero-order valence-corrected chi connectivity index (χ0v) is 16.8. The molecule has 7 heteroatoms. The van der Waals surface area contributed by atoms with Crippen LogP contribution in [0.4, 0.5) is 11.5 Å². The van der Waals surface area contributed by atoms with Gasteiger partial charge < -0.3 is 20.2 Å². The molecule has 30 heavy (non-hydrogen) atoms. The molecule has 0 radical (unpaired) electrons. The van der Waals surface area contributed by atoms with Crippen LogP contribution in [0.2, 0.25) is 0 Å². The summed E-state index contributed by atoms with van der Waals surface area (Å²) in [5, 5.41) is 13.1. The number of nitrogens with zero attached hydrogens (tertiary/aromatic N) is 3. The van der Waals surface area contributed by atoms with Crippen molar-refractivity contribution >= 4 is 34.3 Å². The van der Waals surface area contributed by atoms with Gasteiger partial charge in [-0.1, -0.05) is 18.2 Å². The second-order valence-electron chi connectivity index (χ2n) is 7.53. The van der Waals surface area contributed by atoms with Crippen LogP contribution in [0.5, 0.6) is 0 Å². The third-order valence-corrected chi connectivity index (χ3v) is 5.36. The van der Waals surface area contributed by atoms with E-state index < -0.39 is 5.97 Å². The lowest BCUT2D eigenvalue weighted by Crippen LogP contribution is -2.29. The van der Waals surface area contributed by atoms with Gasteiger partial charge in [0.05, 0.1) is 11.1 Å². The van der Waals surface area contributed by atoms with Crippen molar-refractivity contribution in [2.75, 3.05) is 43.4 Å². The average Bonchev–Trinajstić information content (AvgIpc) is 2.98. The van der Waals surface area contributed by atoms with E-state index >= 15 is 0 Å². The average molecular weight is 404 g/mol. The van der Waals surface area contributed by atoms with Gasteiger partial charge in [0.15, 0.2) is 0 Å². The Morgan fingerprint density at radius 1 is 1.00 bits per heavy atom. The van der Waals surface area contributed by atoms with E-state index in [1.165, 1.54) is 0 Å². The highest BCUT2D eigenvalue weighted by atomic mass is 16.4. The first-order valence-corrected chi connectivity index (χ1v) is 9.99. The summed E-state index contributed by atoms with van der Waals surface area (Å²) in [4.78, 5) is 33.5. The van der Waals surface area contributed by atoms with Crippen molar-refractivity contribution in [3.05, 3.63) is 65.7 Å². The molecule has 1 fully saturated rings. The largest absolute Gasteiger partial charge is 0.478 e. The van der Waals surface area contributed by atoms with Crippen LogP contribution < -0.4 is 10.2 Å². The lowest BCUT2D eigenvalue weighted by molar-refractivity contribution is 0.0698. The Morgan fingerprint density at radius 2 is 1.80 bits per heavy atom. The fourth-order valence-electron chi connectivity index (χ4n) is 3.70. The molecule has 2 aromatic carbocycles. The van der Waals surface area contributed by atoms with Gasteiger partial charge in [0.1, 0.15) is 5.82 Å². The summed E-state index contributed by atoms with van der Waals surface area (Å²) < 4.78 is 0. The molecule has 154 valence electrons. The highest BCUT2D eigenvalue weighted by Gasteiger charge is 2.19. The van der Waals surface area contributed by atoms with Crippen LogP contribution >= 0.6 is 0 Å². The van der Waals surface area contributed by atoms with Crippen LogP contribution in [0.25, 0.3) is 10.9 Å². The standard InChI is InChI=1S/C23H24N4O3/c1-26-10-5-11-27(13-12-26)21-15-19(23(29)30)18-14-17(8-9-20(18)25-21)24-22(28)16-6-3-2-4-7-16/h2-4,6-9,14-15H,5,10-13H2,1H3,(H,24,28)(H,29,30). The molecule has 0 bridgehead atoms. The van der Waals surface area contributed by atoms with Crippen LogP contribution in [0.15, 0.2) is 54.6 Å². The van der Waals surface area contributed by atoms with Crippen LogP contribution in [0, 0.1) is 0 Å². The SMILES string of the molecule is CN1CCCN(c2cc(C(=O)O)c3cc(NC(=O)c4ccccc4)ccc3n2)CC1. The van der Waals surface area contributed by atoms with Crippen LogP contribution in [-0.4, -0.2) is 60.1 Å². The minimum Gasteiger partial charge on any atom is -0.478 e. The zero-order chi connectivity index (χ0) is 21.1. The molecule has 0 spiro atoms. The molecule has 1 aromatic heterocycles. The monoisotopic (exact) mass is 404 g/mol. The van der Waals surface area contributed by atoms with Crippen molar-refractivity contribution in [2.24, 2.45) is 0 Å². The maximum Gasteiger partial charge on any atom is 0.336 e. The number of benzene rings is 2. The molecule has 3 aromatic rings. The van der Waals surface area contributed by atoms with Gasteiger partial charge >= 0.3 is 5.97 Å². The number of carboxylic acids is 1. The van der Waals surface area contributed by atoms with Crippen molar-refractivity contribution < 1.29 is 14.7 Å². The number of carbonyl (C=O) groups excluding carboxylic acids is 1. The topological polar surface area (TPSA) is 85.8 Å². The normalized spacial score (nSPS) is 15.0. The predicted molar refractivity (Wildman–Crippen MR) is 117 cm³/mol. The quantitative estimate of drug-likeness (QED) is 0.694. The number of rotatable bonds is 4. The van der Waals surface area contributed by atoms with E-state index in [2.05, 4.69) is 22.2 Å². The third kappa shape index (κ3) is 4.26. The van der Waals surface area contributed by atoms with Crippen molar-refractivity contribution in [2.45, 2.75) is 6.42 Å². The minimum atomic E-state index is -1.01. The Morgan fingerprint density at radius 3 is 2.57 bits per heavy atom. The molecular formula is C23H24N4O3. The minimum absolute atomic E-state index is 0.184. The summed E-state index contributed by atoms with van der Waals surface area (Å²) in [7, 11) is 2.09.